The molecule has 7 heteroatoms. The first-order chi connectivity index (χ1) is 10.9. The topological polar surface area (TPSA) is 54.5 Å². The second-order valence-electron chi connectivity index (χ2n) is 6.04. The molecule has 4 nitrogen and oxygen atoms in total. The number of carbonyl (C=O) groups excluding carboxylic acids is 1. The van der Waals surface area contributed by atoms with Gasteiger partial charge in [-0.05, 0) is 43.0 Å². The maximum Gasteiger partial charge on any atom is 0.247 e. The Morgan fingerprint density at radius 3 is 2.43 bits per heavy atom. The maximum atomic E-state index is 12.5. The molecule has 1 amide bonds. The molecular weight excluding hydrogens is 357 g/mol. The number of hydrogen-bond acceptors (Lipinski definition) is 3. The lowest BCUT2D eigenvalue weighted by Gasteiger charge is -2.27. The van der Waals surface area contributed by atoms with Crippen molar-refractivity contribution in [2.24, 2.45) is 0 Å². The smallest absolute Gasteiger partial charge is 0.247 e. The average molecular weight is 374 g/mol. The Kier molecular flexibility index (Phi) is 4.72. The van der Waals surface area contributed by atoms with E-state index in [1.165, 1.54) is 6.08 Å². The highest BCUT2D eigenvalue weighted by Crippen LogP contribution is 2.32. The van der Waals surface area contributed by atoms with E-state index >= 15 is 0 Å². The number of rotatable bonds is 4. The summed E-state index contributed by atoms with van der Waals surface area (Å²) in [5.74, 6) is 0.112. The maximum absolute atomic E-state index is 12.5. The molecule has 0 N–H and O–H groups in total. The minimum atomic E-state index is -3.01. The van der Waals surface area contributed by atoms with Gasteiger partial charge in [0.15, 0.2) is 9.84 Å². The van der Waals surface area contributed by atoms with Gasteiger partial charge < -0.3 is 4.90 Å². The van der Waals surface area contributed by atoms with Gasteiger partial charge in [-0.15, -0.1) is 0 Å². The minimum Gasteiger partial charge on any atom is -0.332 e. The Hall–Kier alpha value is -1.04. The molecule has 1 unspecified atom stereocenters. The van der Waals surface area contributed by atoms with Crippen LogP contribution in [0.5, 0.6) is 0 Å². The van der Waals surface area contributed by atoms with E-state index in [1.54, 1.807) is 29.2 Å². The second kappa shape index (κ2) is 6.46. The summed E-state index contributed by atoms with van der Waals surface area (Å²) in [6.07, 6.45) is 5.60. The van der Waals surface area contributed by atoms with Crippen LogP contribution in [0, 0.1) is 0 Å². The molecule has 1 heterocycles. The van der Waals surface area contributed by atoms with Gasteiger partial charge in [0.1, 0.15) is 0 Å². The molecule has 1 aromatic rings. The van der Waals surface area contributed by atoms with Crippen molar-refractivity contribution in [1.29, 1.82) is 0 Å². The van der Waals surface area contributed by atoms with Crippen molar-refractivity contribution in [2.75, 3.05) is 11.5 Å². The second-order valence-corrected chi connectivity index (χ2v) is 9.08. The van der Waals surface area contributed by atoms with Crippen LogP contribution < -0.4 is 0 Å². The summed E-state index contributed by atoms with van der Waals surface area (Å²) < 4.78 is 23.4. The van der Waals surface area contributed by atoms with Crippen LogP contribution >= 0.6 is 23.2 Å². The molecule has 23 heavy (non-hydrogen) atoms. The fourth-order valence-corrected chi connectivity index (χ4v) is 4.89. The number of halogens is 2. The molecule has 2 fully saturated rings. The Morgan fingerprint density at radius 2 is 1.87 bits per heavy atom. The fraction of sp³-hybridized carbons (Fsp3) is 0.438. The summed E-state index contributed by atoms with van der Waals surface area (Å²) in [6.45, 7) is 0. The van der Waals surface area contributed by atoms with Crippen molar-refractivity contribution in [3.05, 3.63) is 39.9 Å². The number of amides is 1. The summed E-state index contributed by atoms with van der Waals surface area (Å²) in [7, 11) is -3.01. The molecule has 3 rings (SSSR count). The third-order valence-corrected chi connectivity index (χ3v) is 6.65. The summed E-state index contributed by atoms with van der Waals surface area (Å²) in [6, 6.07) is 5.13. The number of nitrogens with zero attached hydrogens (tertiary/aromatic N) is 1. The normalized spacial score (nSPS) is 23.3. The Morgan fingerprint density at radius 1 is 1.13 bits per heavy atom. The largest absolute Gasteiger partial charge is 0.332 e. The molecule has 1 aliphatic carbocycles. The van der Waals surface area contributed by atoms with Crippen molar-refractivity contribution in [1.82, 2.24) is 4.90 Å². The van der Waals surface area contributed by atoms with Gasteiger partial charge in [-0.25, -0.2) is 8.42 Å². The van der Waals surface area contributed by atoms with Crippen molar-refractivity contribution >= 4 is 45.0 Å². The average Bonchev–Trinajstić information content (AvgIpc) is 3.24. The molecule has 0 spiro atoms. The SMILES string of the molecule is O=C(/C=C/c1ccc(Cl)c(Cl)c1)N(C1CC1)C1CCS(=O)(=O)C1. The van der Waals surface area contributed by atoms with Crippen LogP contribution in [0.2, 0.25) is 10.0 Å². The summed E-state index contributed by atoms with van der Waals surface area (Å²) in [5, 5.41) is 0.896. The van der Waals surface area contributed by atoms with Gasteiger partial charge in [-0.2, -0.15) is 0 Å². The van der Waals surface area contributed by atoms with Gasteiger partial charge in [-0.3, -0.25) is 4.79 Å². The van der Waals surface area contributed by atoms with Crippen LogP contribution in [0.1, 0.15) is 24.8 Å². The highest BCUT2D eigenvalue weighted by atomic mass is 35.5. The lowest BCUT2D eigenvalue weighted by Crippen LogP contribution is -2.41. The van der Waals surface area contributed by atoms with E-state index in [1.807, 2.05) is 0 Å². The first kappa shape index (κ1) is 16.8. The number of sulfone groups is 1. The monoisotopic (exact) mass is 373 g/mol. The molecule has 0 radical (unpaired) electrons. The molecular formula is C16H17Cl2NO3S. The lowest BCUT2D eigenvalue weighted by molar-refractivity contribution is -0.128. The number of benzene rings is 1. The van der Waals surface area contributed by atoms with Gasteiger partial charge in [0, 0.05) is 18.2 Å². The highest BCUT2D eigenvalue weighted by Gasteiger charge is 2.41. The van der Waals surface area contributed by atoms with E-state index in [9.17, 15) is 13.2 Å². The predicted octanol–water partition coefficient (Wildman–Crippen LogP) is 3.18. The first-order valence-corrected chi connectivity index (χ1v) is 10.1. The van der Waals surface area contributed by atoms with Crippen molar-refractivity contribution in [2.45, 2.75) is 31.3 Å². The third-order valence-electron chi connectivity index (χ3n) is 4.16. The lowest BCUT2D eigenvalue weighted by atomic mass is 10.2. The van der Waals surface area contributed by atoms with E-state index in [-0.39, 0.29) is 29.5 Å². The molecule has 124 valence electrons. The molecule has 2 aliphatic rings. The zero-order valence-electron chi connectivity index (χ0n) is 12.4. The van der Waals surface area contributed by atoms with Crippen molar-refractivity contribution in [3.8, 4) is 0 Å². The molecule has 1 saturated carbocycles. The minimum absolute atomic E-state index is 0.0792. The Bertz CT molecular complexity index is 757. The van der Waals surface area contributed by atoms with E-state index in [0.717, 1.165) is 18.4 Å². The predicted molar refractivity (Wildman–Crippen MR) is 92.4 cm³/mol. The zero-order valence-corrected chi connectivity index (χ0v) is 14.7. The molecule has 1 atom stereocenters. The Balaban J connectivity index is 1.74. The third kappa shape index (κ3) is 4.08. The molecule has 1 aromatic carbocycles. The number of hydrogen-bond donors (Lipinski definition) is 0. The molecule has 1 aliphatic heterocycles. The van der Waals surface area contributed by atoms with Crippen LogP contribution in [0.3, 0.4) is 0 Å². The van der Waals surface area contributed by atoms with Crippen LogP contribution in [0.15, 0.2) is 24.3 Å². The summed E-state index contributed by atoms with van der Waals surface area (Å²) >= 11 is 11.8. The number of carbonyl (C=O) groups is 1. The highest BCUT2D eigenvalue weighted by molar-refractivity contribution is 7.91. The first-order valence-electron chi connectivity index (χ1n) is 7.51. The van der Waals surface area contributed by atoms with Gasteiger partial charge >= 0.3 is 0 Å². The van der Waals surface area contributed by atoms with E-state index < -0.39 is 9.84 Å². The van der Waals surface area contributed by atoms with Crippen LogP contribution in [-0.2, 0) is 14.6 Å². The van der Waals surface area contributed by atoms with Gasteiger partial charge in [0.05, 0.1) is 21.6 Å². The van der Waals surface area contributed by atoms with Crippen LogP contribution in [0.25, 0.3) is 6.08 Å². The van der Waals surface area contributed by atoms with E-state index in [2.05, 4.69) is 0 Å². The summed E-state index contributed by atoms with van der Waals surface area (Å²) in [4.78, 5) is 14.3. The van der Waals surface area contributed by atoms with Crippen LogP contribution in [-0.4, -0.2) is 42.8 Å². The van der Waals surface area contributed by atoms with Crippen molar-refractivity contribution in [3.63, 3.8) is 0 Å². The van der Waals surface area contributed by atoms with Crippen molar-refractivity contribution < 1.29 is 13.2 Å². The summed E-state index contributed by atoms with van der Waals surface area (Å²) in [5.41, 5.74) is 0.780. The molecule has 1 saturated heterocycles. The van der Waals surface area contributed by atoms with Crippen LogP contribution in [0.4, 0.5) is 0 Å². The van der Waals surface area contributed by atoms with Gasteiger partial charge in [-0.1, -0.05) is 29.3 Å². The standard InChI is InChI=1S/C16H17Cl2NO3S/c17-14-5-1-11(9-15(14)18)2-6-16(20)19(12-3-4-12)13-7-8-23(21,22)10-13/h1-2,5-6,9,12-13H,3-4,7-8,10H2/b6-2+. The fourth-order valence-electron chi connectivity index (χ4n) is 2.88. The van der Waals surface area contributed by atoms with E-state index in [0.29, 0.717) is 16.5 Å². The zero-order chi connectivity index (χ0) is 16.6. The van der Waals surface area contributed by atoms with Gasteiger partial charge in [0.2, 0.25) is 5.91 Å². The Labute approximate surface area is 146 Å². The quantitative estimate of drug-likeness (QED) is 0.761. The molecule has 0 bridgehead atoms. The molecule has 0 aromatic heterocycles. The van der Waals surface area contributed by atoms with Gasteiger partial charge in [0.25, 0.3) is 0 Å². The van der Waals surface area contributed by atoms with E-state index in [4.69, 9.17) is 23.2 Å².